The summed E-state index contributed by atoms with van der Waals surface area (Å²) in [4.78, 5) is 31.9. The van der Waals surface area contributed by atoms with Crippen molar-refractivity contribution in [2.75, 3.05) is 0 Å². The molecular formula is C27H20ClN5O4S. The van der Waals surface area contributed by atoms with Gasteiger partial charge in [0.1, 0.15) is 11.9 Å². The van der Waals surface area contributed by atoms with Crippen molar-refractivity contribution in [1.29, 1.82) is 0 Å². The van der Waals surface area contributed by atoms with Gasteiger partial charge in [-0.25, -0.2) is 9.98 Å². The van der Waals surface area contributed by atoms with Gasteiger partial charge in [0, 0.05) is 34.2 Å². The Balaban J connectivity index is 1.33. The molecule has 4 aromatic rings. The predicted octanol–water partition coefficient (Wildman–Crippen LogP) is 6.73. The van der Waals surface area contributed by atoms with Crippen LogP contribution in [0.1, 0.15) is 17.0 Å². The second kappa shape index (κ2) is 10.5. The molecule has 0 aliphatic carbocycles. The van der Waals surface area contributed by atoms with Crippen LogP contribution in [-0.2, 0) is 4.79 Å². The number of benzene rings is 2. The van der Waals surface area contributed by atoms with Crippen molar-refractivity contribution in [2.24, 2.45) is 4.99 Å². The van der Waals surface area contributed by atoms with Crippen molar-refractivity contribution in [3.63, 3.8) is 0 Å². The predicted molar refractivity (Wildman–Crippen MR) is 148 cm³/mol. The summed E-state index contributed by atoms with van der Waals surface area (Å²) < 4.78 is 7.79. The van der Waals surface area contributed by atoms with Crippen LogP contribution in [0.2, 0.25) is 5.02 Å². The molecule has 0 atom stereocenters. The number of hydrogen-bond donors (Lipinski definition) is 1. The summed E-state index contributed by atoms with van der Waals surface area (Å²) in [7, 11) is 0. The summed E-state index contributed by atoms with van der Waals surface area (Å²) in [5, 5.41) is 14.7. The van der Waals surface area contributed by atoms with Crippen LogP contribution >= 0.6 is 23.4 Å². The van der Waals surface area contributed by atoms with Gasteiger partial charge in [-0.05, 0) is 91.8 Å². The van der Waals surface area contributed by atoms with Crippen LogP contribution in [-0.4, -0.2) is 25.5 Å². The Morgan fingerprint density at radius 1 is 1.11 bits per heavy atom. The Morgan fingerprint density at radius 3 is 2.50 bits per heavy atom. The lowest BCUT2D eigenvalue weighted by molar-refractivity contribution is -0.385. The van der Waals surface area contributed by atoms with E-state index < -0.39 is 4.92 Å². The Bertz CT molecular complexity index is 1590. The lowest BCUT2D eigenvalue weighted by Gasteiger charge is -2.11. The van der Waals surface area contributed by atoms with E-state index in [-0.39, 0.29) is 17.5 Å². The fourth-order valence-electron chi connectivity index (χ4n) is 3.91. The van der Waals surface area contributed by atoms with Crippen LogP contribution in [0.3, 0.4) is 0 Å². The van der Waals surface area contributed by atoms with Gasteiger partial charge in [0.2, 0.25) is 5.88 Å². The monoisotopic (exact) mass is 545 g/mol. The summed E-state index contributed by atoms with van der Waals surface area (Å²) in [6.07, 6.45) is 3.02. The topological polar surface area (TPSA) is 112 Å². The average molecular weight is 546 g/mol. The van der Waals surface area contributed by atoms with Gasteiger partial charge in [0.15, 0.2) is 5.17 Å². The number of aryl methyl sites for hydroxylation is 1. The highest BCUT2D eigenvalue weighted by Crippen LogP contribution is 2.31. The number of nitrogens with one attached hydrogen (secondary N) is 1. The van der Waals surface area contributed by atoms with E-state index in [4.69, 9.17) is 16.3 Å². The normalized spacial score (nSPS) is 15.2. The summed E-state index contributed by atoms with van der Waals surface area (Å²) in [6, 6.07) is 19.3. The van der Waals surface area contributed by atoms with Crippen molar-refractivity contribution in [1.82, 2.24) is 14.9 Å². The molecule has 0 spiro atoms. The minimum atomic E-state index is -0.511. The molecule has 0 radical (unpaired) electrons. The number of thioether (sulfide) groups is 1. The maximum absolute atomic E-state index is 12.6. The number of ether oxygens (including phenoxy) is 1. The number of nitrogens with zero attached hydrogens (tertiary/aromatic N) is 4. The highest BCUT2D eigenvalue weighted by atomic mass is 35.5. The SMILES string of the molecule is Cc1cc(/C=C2\SC(=Nc3ccc(Cl)cc3)NC2=O)c(C)n1-c1ccc(Oc2ccc([N+](=O)[O-])cn2)cc1. The van der Waals surface area contributed by atoms with E-state index in [0.717, 1.165) is 28.8 Å². The van der Waals surface area contributed by atoms with Crippen molar-refractivity contribution in [3.8, 4) is 17.3 Å². The Labute approximate surface area is 227 Å². The number of halogens is 1. The Kier molecular flexibility index (Phi) is 6.99. The number of amidine groups is 1. The molecule has 38 heavy (non-hydrogen) atoms. The second-order valence-electron chi connectivity index (χ2n) is 8.33. The first-order chi connectivity index (χ1) is 18.3. The maximum atomic E-state index is 12.6. The first kappa shape index (κ1) is 25.2. The van der Waals surface area contributed by atoms with Crippen LogP contribution in [0.15, 0.2) is 82.8 Å². The Morgan fingerprint density at radius 2 is 1.84 bits per heavy atom. The molecular weight excluding hydrogens is 526 g/mol. The molecule has 0 unspecified atom stereocenters. The van der Waals surface area contributed by atoms with Crippen molar-refractivity contribution in [3.05, 3.63) is 110 Å². The lowest BCUT2D eigenvalue weighted by Crippen LogP contribution is -2.19. The molecule has 1 saturated heterocycles. The zero-order valence-corrected chi connectivity index (χ0v) is 21.8. The molecule has 2 aromatic carbocycles. The number of nitro groups is 1. The minimum Gasteiger partial charge on any atom is -0.439 e. The second-order valence-corrected chi connectivity index (χ2v) is 9.79. The fourth-order valence-corrected chi connectivity index (χ4v) is 4.87. The van der Waals surface area contributed by atoms with E-state index in [9.17, 15) is 14.9 Å². The molecule has 1 N–H and O–H groups in total. The summed E-state index contributed by atoms with van der Waals surface area (Å²) >= 11 is 7.22. The third-order valence-corrected chi connectivity index (χ3v) is 6.88. The van der Waals surface area contributed by atoms with E-state index in [1.165, 1.54) is 23.9 Å². The highest BCUT2D eigenvalue weighted by molar-refractivity contribution is 8.18. The molecule has 2 aromatic heterocycles. The van der Waals surface area contributed by atoms with E-state index in [2.05, 4.69) is 19.9 Å². The third-order valence-electron chi connectivity index (χ3n) is 5.71. The number of carbonyl (C=O) groups excluding carboxylic acids is 1. The summed E-state index contributed by atoms with van der Waals surface area (Å²) in [5.41, 5.74) is 4.41. The van der Waals surface area contributed by atoms with Crippen molar-refractivity contribution >= 4 is 51.9 Å². The van der Waals surface area contributed by atoms with Crippen LogP contribution in [0.4, 0.5) is 11.4 Å². The first-order valence-electron chi connectivity index (χ1n) is 11.4. The number of rotatable bonds is 6. The quantitative estimate of drug-likeness (QED) is 0.163. The molecule has 1 fully saturated rings. The van der Waals surface area contributed by atoms with Crippen LogP contribution in [0.5, 0.6) is 11.6 Å². The van der Waals surface area contributed by atoms with Gasteiger partial charge in [0.25, 0.3) is 11.6 Å². The first-order valence-corrected chi connectivity index (χ1v) is 12.6. The van der Waals surface area contributed by atoms with Gasteiger partial charge in [-0.3, -0.25) is 14.9 Å². The molecule has 11 heteroatoms. The number of aliphatic imine (C=N–C) groups is 1. The van der Waals surface area contributed by atoms with Gasteiger partial charge in [0.05, 0.1) is 15.5 Å². The number of carbonyl (C=O) groups is 1. The van der Waals surface area contributed by atoms with Gasteiger partial charge in [-0.2, -0.15) is 0 Å². The average Bonchev–Trinajstić information content (AvgIpc) is 3.38. The van der Waals surface area contributed by atoms with Gasteiger partial charge < -0.3 is 14.6 Å². The van der Waals surface area contributed by atoms with E-state index in [1.807, 2.05) is 38.1 Å². The number of aromatic nitrogens is 2. The summed E-state index contributed by atoms with van der Waals surface area (Å²) in [6.45, 7) is 3.99. The largest absolute Gasteiger partial charge is 0.439 e. The number of amides is 1. The molecule has 0 saturated carbocycles. The molecule has 1 aliphatic rings. The molecule has 1 amide bonds. The van der Waals surface area contributed by atoms with Crippen LogP contribution < -0.4 is 10.1 Å². The van der Waals surface area contributed by atoms with Crippen molar-refractivity contribution < 1.29 is 14.5 Å². The number of pyridine rings is 1. The van der Waals surface area contributed by atoms with Crippen LogP contribution in [0.25, 0.3) is 11.8 Å². The molecule has 0 bridgehead atoms. The number of hydrogen-bond acceptors (Lipinski definition) is 7. The zero-order chi connectivity index (χ0) is 26.8. The highest BCUT2D eigenvalue weighted by Gasteiger charge is 2.24. The van der Waals surface area contributed by atoms with Gasteiger partial charge in [-0.1, -0.05) is 11.6 Å². The zero-order valence-electron chi connectivity index (χ0n) is 20.2. The standard InChI is InChI=1S/C27H20ClN5O4S/c1-16-13-18(14-24-26(34)31-27(38-24)30-20-5-3-19(28)4-6-20)17(2)32(16)21-7-10-23(11-8-21)37-25-12-9-22(15-29-25)33(35)36/h3-15H,1-2H3,(H,30,31,34)/b24-14-. The Hall–Kier alpha value is -4.41. The van der Waals surface area contributed by atoms with E-state index >= 15 is 0 Å². The molecule has 3 heterocycles. The summed E-state index contributed by atoms with van der Waals surface area (Å²) in [5.74, 6) is 0.609. The van der Waals surface area contributed by atoms with Crippen molar-refractivity contribution in [2.45, 2.75) is 13.8 Å². The van der Waals surface area contributed by atoms with Gasteiger partial charge in [-0.15, -0.1) is 0 Å². The molecule has 9 nitrogen and oxygen atoms in total. The maximum Gasteiger partial charge on any atom is 0.287 e. The fraction of sp³-hybridized carbons (Fsp3) is 0.0741. The smallest absolute Gasteiger partial charge is 0.287 e. The third kappa shape index (κ3) is 5.46. The molecule has 1 aliphatic heterocycles. The minimum absolute atomic E-state index is 0.101. The van der Waals surface area contributed by atoms with E-state index in [1.54, 1.807) is 36.4 Å². The lowest BCUT2D eigenvalue weighted by atomic mass is 10.2. The molecule has 5 rings (SSSR count). The molecule has 190 valence electrons. The van der Waals surface area contributed by atoms with Crippen LogP contribution in [0, 0.1) is 24.0 Å². The van der Waals surface area contributed by atoms with Gasteiger partial charge >= 0.3 is 0 Å². The van der Waals surface area contributed by atoms with E-state index in [0.29, 0.717) is 26.5 Å².